The average Bonchev–Trinajstić information content (AvgIpc) is 2.24. The molecular weight excluding hydrogens is 234 g/mol. The Morgan fingerprint density at radius 3 is 2.56 bits per heavy atom. The predicted molar refractivity (Wildman–Crippen MR) is 69.0 cm³/mol. The summed E-state index contributed by atoms with van der Waals surface area (Å²) in [6.07, 6.45) is 0. The summed E-state index contributed by atoms with van der Waals surface area (Å²) in [4.78, 5) is 10.9. The number of aromatic carboxylic acids is 1. The van der Waals surface area contributed by atoms with Gasteiger partial charge in [-0.05, 0) is 39.0 Å². The van der Waals surface area contributed by atoms with Gasteiger partial charge in [-0.1, -0.05) is 0 Å². The van der Waals surface area contributed by atoms with Crippen molar-refractivity contribution in [3.05, 3.63) is 23.8 Å². The molecule has 0 amide bonds. The van der Waals surface area contributed by atoms with Crippen molar-refractivity contribution in [2.75, 3.05) is 18.9 Å². The summed E-state index contributed by atoms with van der Waals surface area (Å²) in [6, 6.07) is 4.57. The Morgan fingerprint density at radius 2 is 2.00 bits per heavy atom. The molecule has 0 aliphatic heterocycles. The number of carboxylic acids is 1. The molecule has 0 spiro atoms. The molecule has 1 aromatic carbocycles. The van der Waals surface area contributed by atoms with Crippen LogP contribution >= 0.6 is 0 Å². The zero-order valence-corrected chi connectivity index (χ0v) is 10.9. The van der Waals surface area contributed by atoms with E-state index in [1.165, 1.54) is 12.1 Å². The van der Waals surface area contributed by atoms with Crippen LogP contribution in [-0.2, 0) is 4.74 Å². The van der Waals surface area contributed by atoms with Gasteiger partial charge in [-0.3, -0.25) is 0 Å². The summed E-state index contributed by atoms with van der Waals surface area (Å²) in [5, 5.41) is 8.91. The van der Waals surface area contributed by atoms with Gasteiger partial charge in [-0.25, -0.2) is 4.79 Å². The van der Waals surface area contributed by atoms with E-state index < -0.39 is 5.97 Å². The minimum absolute atomic E-state index is 0.0456. The normalized spacial score (nSPS) is 11.3. The number of nitrogens with two attached hydrogens (primary N) is 1. The molecule has 1 aromatic rings. The lowest BCUT2D eigenvalue weighted by Gasteiger charge is -2.19. The molecule has 0 unspecified atom stereocenters. The molecule has 1 rings (SSSR count). The van der Waals surface area contributed by atoms with Crippen LogP contribution in [0, 0.1) is 0 Å². The highest BCUT2D eigenvalue weighted by Gasteiger charge is 2.11. The predicted octanol–water partition coefficient (Wildman–Crippen LogP) is 2.16. The molecule has 5 nitrogen and oxygen atoms in total. The van der Waals surface area contributed by atoms with Crippen molar-refractivity contribution >= 4 is 11.7 Å². The number of hydrogen-bond donors (Lipinski definition) is 2. The highest BCUT2D eigenvalue weighted by molar-refractivity contribution is 5.94. The molecule has 0 atom stereocenters. The molecule has 0 heterocycles. The fourth-order valence-electron chi connectivity index (χ4n) is 1.32. The number of carboxylic acid groups (broad SMARTS) is 1. The zero-order valence-electron chi connectivity index (χ0n) is 10.9. The van der Waals surface area contributed by atoms with Gasteiger partial charge in [0, 0.05) is 5.69 Å². The van der Waals surface area contributed by atoms with Crippen molar-refractivity contribution < 1.29 is 19.4 Å². The summed E-state index contributed by atoms with van der Waals surface area (Å²) >= 11 is 0. The van der Waals surface area contributed by atoms with Crippen molar-refractivity contribution in [1.29, 1.82) is 0 Å². The van der Waals surface area contributed by atoms with Crippen LogP contribution in [0.4, 0.5) is 5.69 Å². The third kappa shape index (κ3) is 4.63. The number of rotatable bonds is 5. The van der Waals surface area contributed by atoms with E-state index in [0.717, 1.165) is 0 Å². The Kier molecular flexibility index (Phi) is 4.55. The molecular formula is C13H19NO4. The SMILES string of the molecule is CC(C)(C)OCCOc1ccc(N)c(C(=O)O)c1. The number of ether oxygens (including phenoxy) is 2. The first-order valence-corrected chi connectivity index (χ1v) is 5.69. The molecule has 0 aliphatic carbocycles. The molecule has 0 bridgehead atoms. The first-order valence-electron chi connectivity index (χ1n) is 5.69. The quantitative estimate of drug-likeness (QED) is 0.620. The largest absolute Gasteiger partial charge is 0.491 e. The zero-order chi connectivity index (χ0) is 13.8. The highest BCUT2D eigenvalue weighted by atomic mass is 16.5. The van der Waals surface area contributed by atoms with Gasteiger partial charge in [0.05, 0.1) is 17.8 Å². The lowest BCUT2D eigenvalue weighted by Crippen LogP contribution is -2.22. The first-order chi connectivity index (χ1) is 8.29. The van der Waals surface area contributed by atoms with Crippen molar-refractivity contribution in [2.45, 2.75) is 26.4 Å². The van der Waals surface area contributed by atoms with Gasteiger partial charge >= 0.3 is 5.97 Å². The first kappa shape index (κ1) is 14.3. The van der Waals surface area contributed by atoms with Crippen LogP contribution in [0.5, 0.6) is 5.75 Å². The summed E-state index contributed by atoms with van der Waals surface area (Å²) < 4.78 is 10.9. The topological polar surface area (TPSA) is 81.8 Å². The third-order valence-electron chi connectivity index (χ3n) is 2.14. The molecule has 18 heavy (non-hydrogen) atoms. The highest BCUT2D eigenvalue weighted by Crippen LogP contribution is 2.19. The van der Waals surface area contributed by atoms with E-state index in [1.54, 1.807) is 6.07 Å². The van der Waals surface area contributed by atoms with Gasteiger partial charge in [0.15, 0.2) is 0 Å². The second-order valence-electron chi connectivity index (χ2n) is 4.86. The molecule has 0 saturated carbocycles. The van der Waals surface area contributed by atoms with Crippen molar-refractivity contribution in [3.63, 3.8) is 0 Å². The Balaban J connectivity index is 2.53. The van der Waals surface area contributed by atoms with E-state index in [1.807, 2.05) is 20.8 Å². The number of benzene rings is 1. The fraction of sp³-hybridized carbons (Fsp3) is 0.462. The Hall–Kier alpha value is -1.75. The molecule has 3 N–H and O–H groups in total. The number of hydrogen-bond acceptors (Lipinski definition) is 4. The van der Waals surface area contributed by atoms with Crippen LogP contribution in [0.15, 0.2) is 18.2 Å². The van der Waals surface area contributed by atoms with Gasteiger partial charge < -0.3 is 20.3 Å². The van der Waals surface area contributed by atoms with Gasteiger partial charge in [0.1, 0.15) is 12.4 Å². The summed E-state index contributed by atoms with van der Waals surface area (Å²) in [7, 11) is 0. The van der Waals surface area contributed by atoms with Crippen molar-refractivity contribution in [3.8, 4) is 5.75 Å². The van der Waals surface area contributed by atoms with E-state index in [4.69, 9.17) is 20.3 Å². The van der Waals surface area contributed by atoms with Crippen molar-refractivity contribution in [2.24, 2.45) is 0 Å². The van der Waals surface area contributed by atoms with Gasteiger partial charge in [-0.15, -0.1) is 0 Å². The van der Waals surface area contributed by atoms with E-state index >= 15 is 0 Å². The second kappa shape index (κ2) is 5.73. The maximum atomic E-state index is 10.9. The lowest BCUT2D eigenvalue weighted by molar-refractivity contribution is -0.0163. The lowest BCUT2D eigenvalue weighted by atomic mass is 10.2. The molecule has 100 valence electrons. The molecule has 0 aliphatic rings. The van der Waals surface area contributed by atoms with Crippen LogP contribution in [0.2, 0.25) is 0 Å². The summed E-state index contributed by atoms with van der Waals surface area (Å²) in [5.41, 5.74) is 5.60. The Labute approximate surface area is 107 Å². The van der Waals surface area contributed by atoms with Crippen LogP contribution < -0.4 is 10.5 Å². The Morgan fingerprint density at radius 1 is 1.33 bits per heavy atom. The van der Waals surface area contributed by atoms with Crippen LogP contribution in [-0.4, -0.2) is 29.9 Å². The summed E-state index contributed by atoms with van der Waals surface area (Å²) in [5.74, 6) is -0.594. The van der Waals surface area contributed by atoms with E-state index in [-0.39, 0.29) is 16.9 Å². The van der Waals surface area contributed by atoms with Crippen LogP contribution in [0.1, 0.15) is 31.1 Å². The molecule has 0 saturated heterocycles. The van der Waals surface area contributed by atoms with Gasteiger partial charge in [0.2, 0.25) is 0 Å². The maximum Gasteiger partial charge on any atom is 0.337 e. The second-order valence-corrected chi connectivity index (χ2v) is 4.86. The minimum Gasteiger partial charge on any atom is -0.491 e. The number of carbonyl (C=O) groups is 1. The summed E-state index contributed by atoms with van der Waals surface area (Å²) in [6.45, 7) is 6.67. The third-order valence-corrected chi connectivity index (χ3v) is 2.14. The van der Waals surface area contributed by atoms with Crippen molar-refractivity contribution in [1.82, 2.24) is 0 Å². The van der Waals surface area contributed by atoms with Crippen LogP contribution in [0.25, 0.3) is 0 Å². The van der Waals surface area contributed by atoms with Crippen LogP contribution in [0.3, 0.4) is 0 Å². The molecule has 5 heteroatoms. The minimum atomic E-state index is -1.07. The van der Waals surface area contributed by atoms with E-state index in [0.29, 0.717) is 19.0 Å². The monoisotopic (exact) mass is 253 g/mol. The molecule has 0 radical (unpaired) electrons. The fourth-order valence-corrected chi connectivity index (χ4v) is 1.32. The van der Waals surface area contributed by atoms with E-state index in [9.17, 15) is 4.79 Å². The number of nitrogen functional groups attached to an aromatic ring is 1. The molecule has 0 fully saturated rings. The van der Waals surface area contributed by atoms with Gasteiger partial charge in [-0.2, -0.15) is 0 Å². The Bertz CT molecular complexity index is 423. The van der Waals surface area contributed by atoms with Gasteiger partial charge in [0.25, 0.3) is 0 Å². The maximum absolute atomic E-state index is 10.9. The number of anilines is 1. The van der Waals surface area contributed by atoms with E-state index in [2.05, 4.69) is 0 Å². The standard InChI is InChI=1S/C13H19NO4/c1-13(2,3)18-7-6-17-9-4-5-11(14)10(8-9)12(15)16/h4-5,8H,6-7,14H2,1-3H3,(H,15,16). The average molecular weight is 253 g/mol. The molecule has 0 aromatic heterocycles. The smallest absolute Gasteiger partial charge is 0.337 e.